The Morgan fingerprint density at radius 3 is 1.66 bits per heavy atom. The van der Waals surface area contributed by atoms with E-state index >= 15 is 9.59 Å². The Morgan fingerprint density at radius 1 is 0.573 bits per heavy atom. The van der Waals surface area contributed by atoms with Crippen LogP contribution in [-0.2, 0) is 112 Å². The molecule has 12 amide bonds. The highest BCUT2D eigenvalue weighted by molar-refractivity contribution is 8.76. The van der Waals surface area contributed by atoms with Crippen LogP contribution < -0.4 is 76.1 Å². The van der Waals surface area contributed by atoms with Crippen molar-refractivity contribution in [2.75, 3.05) is 37.7 Å². The lowest BCUT2D eigenvalue weighted by molar-refractivity contribution is -0.346. The maximum Gasteiger partial charge on any atom is 0.350 e. The molecule has 1 heterocycles. The lowest BCUT2D eigenvalue weighted by Crippen LogP contribution is -2.82. The molecule has 2 saturated carbocycles. The average Bonchev–Trinajstić information content (AvgIpc) is 0.666. The molecule has 43 heteroatoms. The maximum absolute atomic E-state index is 16.1. The molecule has 143 heavy (non-hydrogen) atoms. The second-order valence-electron chi connectivity index (χ2n) is 38.0. The minimum absolute atomic E-state index is 0.0168. The van der Waals surface area contributed by atoms with Crippen molar-refractivity contribution in [3.63, 3.8) is 0 Å². The van der Waals surface area contributed by atoms with Crippen LogP contribution >= 0.6 is 21.6 Å². The minimum atomic E-state index is -2.59. The number of aliphatic hydroxyl groups is 2. The van der Waals surface area contributed by atoms with E-state index in [1.807, 2.05) is 0 Å². The summed E-state index contributed by atoms with van der Waals surface area (Å²) >= 11 is 0. The van der Waals surface area contributed by atoms with Crippen LogP contribution in [0.25, 0.3) is 0 Å². The number of hydrogen-bond donors (Lipinski definition) is 17. The number of primary amides is 2. The minimum Gasteiger partial charge on any atom is -0.508 e. The number of aliphatic hydroxyl groups excluding tert-OH is 1. The summed E-state index contributed by atoms with van der Waals surface area (Å²) in [4.78, 5) is 255. The molecule has 782 valence electrons. The predicted molar refractivity (Wildman–Crippen MR) is 524 cm³/mol. The van der Waals surface area contributed by atoms with E-state index in [9.17, 15) is 92.0 Å². The van der Waals surface area contributed by atoms with Crippen LogP contribution in [0.3, 0.4) is 0 Å². The van der Waals surface area contributed by atoms with Gasteiger partial charge in [0.05, 0.1) is 36.2 Å². The number of hydrogen-bond acceptors (Lipinski definition) is 31. The van der Waals surface area contributed by atoms with E-state index in [0.29, 0.717) is 37.8 Å². The van der Waals surface area contributed by atoms with E-state index in [0.717, 1.165) is 42.4 Å². The third-order valence-electron chi connectivity index (χ3n) is 26.6. The molecule has 8 rings (SSSR count). The zero-order valence-electron chi connectivity index (χ0n) is 82.8. The number of phenols is 1. The first-order valence-electron chi connectivity index (χ1n) is 48.0. The number of aromatic hydroxyl groups is 1. The molecule has 3 aliphatic carbocycles. The fraction of sp³-hybridized carbons (Fsp3) is 0.560. The van der Waals surface area contributed by atoms with Gasteiger partial charge in [-0.15, -0.1) is 0 Å². The molecule has 41 nitrogen and oxygen atoms in total. The Balaban J connectivity index is 0.945. The van der Waals surface area contributed by atoms with Crippen LogP contribution in [-0.4, -0.2) is 256 Å². The van der Waals surface area contributed by atoms with Gasteiger partial charge in [0.15, 0.2) is 17.5 Å². The van der Waals surface area contributed by atoms with Gasteiger partial charge in [-0.05, 0) is 155 Å². The molecule has 4 aromatic carbocycles. The van der Waals surface area contributed by atoms with Crippen LogP contribution in [0.15, 0.2) is 126 Å². The van der Waals surface area contributed by atoms with E-state index in [2.05, 4.69) is 53.2 Å². The van der Waals surface area contributed by atoms with E-state index in [4.69, 9.17) is 51.4 Å². The Labute approximate surface area is 838 Å². The molecule has 1 aliphatic heterocycles. The number of unbranched alkanes of at least 4 members (excludes halogenated alkanes) is 2. The monoisotopic (exact) mass is 2030 g/mol. The molecule has 0 aromatic heterocycles. The van der Waals surface area contributed by atoms with Crippen molar-refractivity contribution in [2.24, 2.45) is 57.4 Å². The highest BCUT2D eigenvalue weighted by Crippen LogP contribution is 2.65. The van der Waals surface area contributed by atoms with Crippen molar-refractivity contribution in [1.29, 1.82) is 0 Å². The summed E-state index contributed by atoms with van der Waals surface area (Å²) < 4.78 is 37.4. The van der Waals surface area contributed by atoms with E-state index < -0.39 is 282 Å². The predicted octanol–water partition coefficient (Wildman–Crippen LogP) is 2.78. The molecule has 0 spiro atoms. The smallest absolute Gasteiger partial charge is 0.350 e. The standard InChI is InChI=1S/C100H138N14O27S2/c1-14-55(6)79(94(132)112-78(54(4)5)93(131)110-68(47-60-38-40-64(118)41-39-60)91(129)108-66(36-25-27-45-102)89(127)107-65(86(104)124)35-24-26-44-101)113-90(128)67(42-43-73(103)120)109-92(130)77(53(2)3)111-74(121)50-105-88(126)69(106-57(8)115)51-143-142-46-28-37-75(122)139-82(80(61-29-18-15-19-30-61)114-87(125)62-31-20-16-21-32-62)96(134)138-70-49-100(135)85(140-95(133)63-33-22-17-23-34-63)83-98(13,71(119)48-72-99(83,52-136-72)141-59(10)117)84(123)81(137-58(9)116)76(56(70)7)97(100,11)12/h15-23,29-34,38-41,53-55,65-72,77-83,85,118-119,135H,14,24-28,35-37,42-52,101-102H2,1-13H3,(H2,103,120)(H2,104,124)(H,105,126)(H,106,115)(H,107,127)(H,108,129)(H,109,130)(H,110,131)(H,111,121)(H,112,132)(H,113,128)(H,114,125)/t55-,65-,66-,67-,68-,69-,70-,71-,72+,77-,78-,79-,80-,81+,82+,83?,85-,98+,99-,100+/m0/s1. The fourth-order valence-corrected chi connectivity index (χ4v) is 20.6. The van der Waals surface area contributed by atoms with Crippen molar-refractivity contribution in [3.8, 4) is 5.75 Å². The number of nitrogens with one attached hydrogen (secondary N) is 10. The van der Waals surface area contributed by atoms with Gasteiger partial charge in [0.2, 0.25) is 71.1 Å². The van der Waals surface area contributed by atoms with Gasteiger partial charge in [-0.1, -0.05) is 162 Å². The van der Waals surface area contributed by atoms with Gasteiger partial charge in [-0.3, -0.25) is 76.7 Å². The molecule has 1 saturated heterocycles. The lowest BCUT2D eigenvalue weighted by Gasteiger charge is -2.67. The van der Waals surface area contributed by atoms with Crippen LogP contribution in [0.2, 0.25) is 0 Å². The van der Waals surface area contributed by atoms with E-state index in [-0.39, 0.29) is 90.2 Å². The quantitative estimate of drug-likeness (QED) is 0.00993. The number of phenolic OH excluding ortho intramolecular Hbond substituents is 1. The Hall–Kier alpha value is -12.4. The summed E-state index contributed by atoms with van der Waals surface area (Å²) in [5, 5.41) is 63.1. The van der Waals surface area contributed by atoms with Crippen molar-refractivity contribution < 1.29 is 130 Å². The fourth-order valence-electron chi connectivity index (χ4n) is 18.4. The third kappa shape index (κ3) is 30.4. The summed E-state index contributed by atoms with van der Waals surface area (Å²) in [7, 11) is 2.22. The van der Waals surface area contributed by atoms with Gasteiger partial charge in [-0.25, -0.2) is 9.59 Å². The number of fused-ring (bicyclic) bond motifs is 5. The molecule has 0 radical (unpaired) electrons. The number of rotatable bonds is 53. The van der Waals surface area contributed by atoms with Crippen LogP contribution in [0.1, 0.15) is 211 Å². The Bertz CT molecular complexity index is 5220. The third-order valence-corrected chi connectivity index (χ3v) is 29.1. The number of ether oxygens (including phenoxy) is 6. The molecule has 3 fully saturated rings. The number of carbonyl (C=O) groups is 18. The Kier molecular flexibility index (Phi) is 43.1. The van der Waals surface area contributed by atoms with Crippen molar-refractivity contribution >= 4 is 128 Å². The zero-order chi connectivity index (χ0) is 106. The van der Waals surface area contributed by atoms with Crippen molar-refractivity contribution in [1.82, 2.24) is 53.2 Å². The zero-order valence-corrected chi connectivity index (χ0v) is 84.5. The summed E-state index contributed by atoms with van der Waals surface area (Å²) in [6, 6.07) is 16.6. The Morgan fingerprint density at radius 2 is 1.11 bits per heavy atom. The molecular weight excluding hydrogens is 1890 g/mol. The van der Waals surface area contributed by atoms with Crippen LogP contribution in [0.5, 0.6) is 5.75 Å². The SMILES string of the molecule is CC[C@H](C)[C@H](NC(=O)[C@H](CCC(N)=O)NC(=O)[C@@H](NC(=O)CNC(=O)[C@H](CSSCCCC(=O)O[C@@H](C(=O)O[C@H]1C[C@@]2(O)[C@@H](OC(=O)c3ccccc3)C3[C@](C)(C(=O)[C@H](OC(C)=O)C(=C1C)C2(C)C)[C@@H](O)C[C@H]1OC[C@@]31OC(C)=O)[C@@H](NC(=O)c1ccccc1)c1ccccc1)NC(C)=O)C(C)C)C(=O)N[C@H](C(=O)N[C@@H](Cc1ccc(O)cc1)C(=O)N[C@@H](CCCCN)C(=O)N[C@@H](CCCCN)C(N)=O)C(C)C. The molecule has 20 atom stereocenters. The van der Waals surface area contributed by atoms with Gasteiger partial charge in [0.1, 0.15) is 84.0 Å². The largest absolute Gasteiger partial charge is 0.508 e. The number of amides is 12. The molecular formula is C100H138N14O27S2. The number of esters is 5. The van der Waals surface area contributed by atoms with Crippen molar-refractivity contribution in [2.45, 2.75) is 282 Å². The summed E-state index contributed by atoms with van der Waals surface area (Å²) in [6.07, 6.45) is -10.9. The topological polar surface area (TPSA) is 648 Å². The first-order valence-corrected chi connectivity index (χ1v) is 50.5. The number of benzene rings is 4. The van der Waals surface area contributed by atoms with Gasteiger partial charge in [0.25, 0.3) is 5.91 Å². The summed E-state index contributed by atoms with van der Waals surface area (Å²) in [6.45, 7) is 18.1. The highest BCUT2D eigenvalue weighted by Gasteiger charge is 2.78. The molecule has 4 aliphatic rings. The molecule has 2 bridgehead atoms. The second kappa shape index (κ2) is 53.2. The van der Waals surface area contributed by atoms with E-state index in [1.54, 1.807) is 108 Å². The first kappa shape index (κ1) is 116. The van der Waals surface area contributed by atoms with Crippen LogP contribution in [0.4, 0.5) is 0 Å². The van der Waals surface area contributed by atoms with Gasteiger partial charge < -0.3 is 120 Å². The molecule has 4 aromatic rings. The first-order chi connectivity index (χ1) is 67.6. The second-order valence-corrected chi connectivity index (χ2v) is 40.6. The van der Waals surface area contributed by atoms with Gasteiger partial charge in [-0.2, -0.15) is 0 Å². The molecule has 21 N–H and O–H groups in total. The van der Waals surface area contributed by atoms with E-state index in [1.165, 1.54) is 76.2 Å². The van der Waals surface area contributed by atoms with Crippen LogP contribution in [0, 0.1) is 34.5 Å². The number of Topliss-reactive ketones (excluding diaryl/α,β-unsaturated/α-hetero) is 1. The summed E-state index contributed by atoms with van der Waals surface area (Å²) in [5.41, 5.74) is 14.8. The van der Waals surface area contributed by atoms with Crippen molar-refractivity contribution in [3.05, 3.63) is 149 Å². The van der Waals surface area contributed by atoms with Gasteiger partial charge >= 0.3 is 29.8 Å². The average molecular weight is 2030 g/mol. The normalized spacial score (nSPS) is 22.1. The highest BCUT2D eigenvalue weighted by atomic mass is 33.1. The van der Waals surface area contributed by atoms with Gasteiger partial charge in [0, 0.05) is 75.4 Å². The number of ketones is 1. The number of carbonyl (C=O) groups excluding carboxylic acids is 18. The summed E-state index contributed by atoms with van der Waals surface area (Å²) in [5.74, 6) is -20.2. The number of nitrogens with two attached hydrogens (primary N) is 4. The molecule has 1 unspecified atom stereocenters. The maximum atomic E-state index is 16.1. The lowest BCUT2D eigenvalue weighted by atomic mass is 9.44.